The summed E-state index contributed by atoms with van der Waals surface area (Å²) in [4.78, 5) is 34.0. The summed E-state index contributed by atoms with van der Waals surface area (Å²) in [5.41, 5.74) is 0. The van der Waals surface area contributed by atoms with Crippen molar-refractivity contribution in [1.29, 1.82) is 0 Å². The summed E-state index contributed by atoms with van der Waals surface area (Å²) in [6, 6.07) is -0.766. The van der Waals surface area contributed by atoms with E-state index in [1.807, 2.05) is 19.6 Å². The van der Waals surface area contributed by atoms with E-state index in [1.165, 1.54) is 0 Å². The van der Waals surface area contributed by atoms with Crippen LogP contribution in [-0.2, 0) is 18.8 Å². The van der Waals surface area contributed by atoms with Crippen molar-refractivity contribution in [2.24, 2.45) is 5.92 Å². The Morgan fingerprint density at radius 1 is 1.12 bits per heavy atom. The number of hydrogen-bond donors (Lipinski definition) is 1. The van der Waals surface area contributed by atoms with Gasteiger partial charge < -0.3 is 9.74 Å². The number of carbonyl (C=O) groups is 3. The predicted octanol–water partition coefficient (Wildman–Crippen LogP) is 1.09. The molecular weight excluding hydrogens is 238 g/mol. The quantitative estimate of drug-likeness (QED) is 0.592. The SMILES string of the molecule is CC(=O)C(=O)N[C@H](C(=O)O[Si](C)(C)C)C(C)C. The molecule has 0 saturated heterocycles. The van der Waals surface area contributed by atoms with Crippen LogP contribution < -0.4 is 5.32 Å². The summed E-state index contributed by atoms with van der Waals surface area (Å²) in [6.07, 6.45) is 0. The van der Waals surface area contributed by atoms with Gasteiger partial charge in [-0.1, -0.05) is 13.8 Å². The molecule has 0 aromatic carbocycles. The molecular formula is C11H21NO4Si. The molecule has 5 nitrogen and oxygen atoms in total. The van der Waals surface area contributed by atoms with E-state index in [4.69, 9.17) is 4.43 Å². The van der Waals surface area contributed by atoms with Gasteiger partial charge in [-0.3, -0.25) is 14.4 Å². The van der Waals surface area contributed by atoms with Crippen LogP contribution in [0.25, 0.3) is 0 Å². The lowest BCUT2D eigenvalue weighted by Gasteiger charge is -2.25. The van der Waals surface area contributed by atoms with Crippen LogP contribution in [0.4, 0.5) is 0 Å². The van der Waals surface area contributed by atoms with Gasteiger partial charge in [0.15, 0.2) is 0 Å². The molecule has 0 bridgehead atoms. The van der Waals surface area contributed by atoms with Crippen LogP contribution in [0.1, 0.15) is 20.8 Å². The van der Waals surface area contributed by atoms with Crippen LogP contribution in [0, 0.1) is 5.92 Å². The van der Waals surface area contributed by atoms with Crippen molar-refractivity contribution in [3.63, 3.8) is 0 Å². The van der Waals surface area contributed by atoms with Crippen molar-refractivity contribution in [1.82, 2.24) is 5.32 Å². The number of ketones is 1. The lowest BCUT2D eigenvalue weighted by atomic mass is 10.0. The third-order valence-electron chi connectivity index (χ3n) is 1.93. The van der Waals surface area contributed by atoms with Crippen molar-refractivity contribution in [2.75, 3.05) is 0 Å². The number of carbonyl (C=O) groups excluding carboxylic acids is 3. The van der Waals surface area contributed by atoms with Crippen LogP contribution in [-0.4, -0.2) is 32.0 Å². The van der Waals surface area contributed by atoms with Gasteiger partial charge in [-0.05, 0) is 25.6 Å². The summed E-state index contributed by atoms with van der Waals surface area (Å²) in [5, 5.41) is 2.40. The van der Waals surface area contributed by atoms with Gasteiger partial charge in [-0.2, -0.15) is 0 Å². The molecule has 1 amide bonds. The molecule has 98 valence electrons. The number of amides is 1. The van der Waals surface area contributed by atoms with E-state index in [0.29, 0.717) is 0 Å². The molecule has 1 atom stereocenters. The first-order chi connectivity index (χ1) is 7.54. The standard InChI is InChI=1S/C11H21NO4Si/c1-7(2)9(12-10(14)8(3)13)11(15)16-17(4,5)6/h7,9H,1-6H3,(H,12,14)/t9-/m0/s1. The molecule has 0 spiro atoms. The zero-order valence-electron chi connectivity index (χ0n) is 11.3. The highest BCUT2D eigenvalue weighted by molar-refractivity contribution is 6.71. The van der Waals surface area contributed by atoms with Gasteiger partial charge in [0, 0.05) is 6.92 Å². The van der Waals surface area contributed by atoms with E-state index >= 15 is 0 Å². The van der Waals surface area contributed by atoms with Crippen molar-refractivity contribution in [3.8, 4) is 0 Å². The molecule has 0 saturated carbocycles. The topological polar surface area (TPSA) is 72.5 Å². The largest absolute Gasteiger partial charge is 0.518 e. The molecule has 17 heavy (non-hydrogen) atoms. The van der Waals surface area contributed by atoms with Crippen molar-refractivity contribution in [2.45, 2.75) is 46.5 Å². The van der Waals surface area contributed by atoms with E-state index in [2.05, 4.69) is 5.32 Å². The van der Waals surface area contributed by atoms with Crippen LogP contribution >= 0.6 is 0 Å². The average molecular weight is 259 g/mol. The second-order valence-corrected chi connectivity index (χ2v) is 9.71. The molecule has 0 aliphatic rings. The fourth-order valence-corrected chi connectivity index (χ4v) is 1.84. The Labute approximate surface area is 103 Å². The molecule has 0 aliphatic carbocycles. The zero-order chi connectivity index (χ0) is 13.8. The third-order valence-corrected chi connectivity index (χ3v) is 2.75. The van der Waals surface area contributed by atoms with Crippen LogP contribution in [0.5, 0.6) is 0 Å². The maximum atomic E-state index is 11.8. The second-order valence-electron chi connectivity index (χ2n) is 5.28. The summed E-state index contributed by atoms with van der Waals surface area (Å²) in [7, 11) is -1.99. The maximum Gasteiger partial charge on any atom is 0.315 e. The normalized spacial score (nSPS) is 13.1. The Morgan fingerprint density at radius 2 is 1.59 bits per heavy atom. The first-order valence-corrected chi connectivity index (χ1v) is 8.99. The van der Waals surface area contributed by atoms with Crippen LogP contribution in [0.3, 0.4) is 0 Å². The zero-order valence-corrected chi connectivity index (χ0v) is 12.3. The van der Waals surface area contributed by atoms with Gasteiger partial charge >= 0.3 is 5.97 Å². The van der Waals surface area contributed by atoms with Crippen molar-refractivity contribution >= 4 is 26.0 Å². The second kappa shape index (κ2) is 5.95. The third kappa shape index (κ3) is 6.21. The first kappa shape index (κ1) is 15.8. The maximum absolute atomic E-state index is 11.8. The molecule has 0 aromatic rings. The predicted molar refractivity (Wildman–Crippen MR) is 66.9 cm³/mol. The Kier molecular flexibility index (Phi) is 5.54. The molecule has 6 heteroatoms. The molecule has 0 aliphatic heterocycles. The number of Topliss-reactive ketones (excluding diaryl/α,β-unsaturated/α-hetero) is 1. The highest BCUT2D eigenvalue weighted by Gasteiger charge is 2.30. The molecule has 1 N–H and O–H groups in total. The summed E-state index contributed by atoms with van der Waals surface area (Å²) < 4.78 is 5.32. The van der Waals surface area contributed by atoms with Crippen LogP contribution in [0.2, 0.25) is 19.6 Å². The van der Waals surface area contributed by atoms with Crippen molar-refractivity contribution < 1.29 is 18.8 Å². The van der Waals surface area contributed by atoms with Gasteiger partial charge in [-0.15, -0.1) is 0 Å². The van der Waals surface area contributed by atoms with E-state index in [0.717, 1.165) is 6.92 Å². The number of hydrogen-bond acceptors (Lipinski definition) is 4. The highest BCUT2D eigenvalue weighted by atomic mass is 28.4. The minimum atomic E-state index is -1.99. The number of rotatable bonds is 5. The summed E-state index contributed by atoms with van der Waals surface area (Å²) in [5.74, 6) is -1.96. The first-order valence-electron chi connectivity index (χ1n) is 5.59. The monoisotopic (exact) mass is 259 g/mol. The smallest absolute Gasteiger partial charge is 0.315 e. The van der Waals surface area contributed by atoms with E-state index in [-0.39, 0.29) is 5.92 Å². The molecule has 0 heterocycles. The molecule has 0 radical (unpaired) electrons. The van der Waals surface area contributed by atoms with E-state index < -0.39 is 32.0 Å². The molecule has 0 rings (SSSR count). The Morgan fingerprint density at radius 3 is 1.88 bits per heavy atom. The minimum absolute atomic E-state index is 0.123. The molecule has 0 unspecified atom stereocenters. The molecule has 0 fully saturated rings. The highest BCUT2D eigenvalue weighted by Crippen LogP contribution is 2.10. The molecule has 0 aromatic heterocycles. The van der Waals surface area contributed by atoms with Gasteiger partial charge in [-0.25, -0.2) is 0 Å². The Balaban J connectivity index is 4.70. The van der Waals surface area contributed by atoms with Crippen molar-refractivity contribution in [3.05, 3.63) is 0 Å². The Hall–Kier alpha value is -1.17. The average Bonchev–Trinajstić information content (AvgIpc) is 2.09. The Bertz CT molecular complexity index is 320. The van der Waals surface area contributed by atoms with Gasteiger partial charge in [0.1, 0.15) is 6.04 Å². The van der Waals surface area contributed by atoms with E-state index in [1.54, 1.807) is 13.8 Å². The summed E-state index contributed by atoms with van der Waals surface area (Å²) >= 11 is 0. The van der Waals surface area contributed by atoms with Gasteiger partial charge in [0.05, 0.1) is 0 Å². The minimum Gasteiger partial charge on any atom is -0.518 e. The fraction of sp³-hybridized carbons (Fsp3) is 0.727. The fourth-order valence-electron chi connectivity index (χ4n) is 1.11. The summed E-state index contributed by atoms with van der Waals surface area (Å²) in [6.45, 7) is 10.4. The van der Waals surface area contributed by atoms with E-state index in [9.17, 15) is 14.4 Å². The van der Waals surface area contributed by atoms with Gasteiger partial charge in [0.25, 0.3) is 5.91 Å². The lowest BCUT2D eigenvalue weighted by Crippen LogP contribution is -2.49. The lowest BCUT2D eigenvalue weighted by molar-refractivity contribution is -0.143. The number of nitrogens with one attached hydrogen (secondary N) is 1. The van der Waals surface area contributed by atoms with Crippen LogP contribution in [0.15, 0.2) is 0 Å². The van der Waals surface area contributed by atoms with Gasteiger partial charge in [0.2, 0.25) is 14.1 Å².